The van der Waals surface area contributed by atoms with Gasteiger partial charge >= 0.3 is 5.97 Å². The van der Waals surface area contributed by atoms with Gasteiger partial charge in [-0.1, -0.05) is 18.7 Å². The first kappa shape index (κ1) is 12.8. The molecule has 1 aromatic rings. The van der Waals surface area contributed by atoms with Crippen molar-refractivity contribution in [1.29, 1.82) is 0 Å². The van der Waals surface area contributed by atoms with Gasteiger partial charge in [-0.2, -0.15) is 0 Å². The second-order valence-corrected chi connectivity index (χ2v) is 4.05. The number of esters is 1. The molecule has 0 saturated heterocycles. The van der Waals surface area contributed by atoms with Crippen LogP contribution in [0.2, 0.25) is 0 Å². The van der Waals surface area contributed by atoms with E-state index >= 15 is 0 Å². The highest BCUT2D eigenvalue weighted by Gasteiger charge is 2.11. The molecule has 0 aliphatic carbocycles. The highest BCUT2D eigenvalue weighted by atomic mass is 32.2. The molecule has 0 fully saturated rings. The van der Waals surface area contributed by atoms with Gasteiger partial charge in [0.25, 0.3) is 0 Å². The van der Waals surface area contributed by atoms with Crippen molar-refractivity contribution < 1.29 is 9.53 Å². The van der Waals surface area contributed by atoms with E-state index in [9.17, 15) is 4.79 Å². The minimum atomic E-state index is -0.271. The maximum absolute atomic E-state index is 11.1. The zero-order valence-corrected chi connectivity index (χ0v) is 10.3. The van der Waals surface area contributed by atoms with Crippen LogP contribution in [0, 0.1) is 0 Å². The number of carbonyl (C=O) groups excluding carboxylic acids is 1. The second kappa shape index (κ2) is 6.37. The first-order valence-corrected chi connectivity index (χ1v) is 6.15. The molecule has 1 rings (SSSR count). The van der Waals surface area contributed by atoms with E-state index in [1.165, 1.54) is 16.4 Å². The number of aromatic nitrogens is 3. The Labute approximate surface area is 98.5 Å². The summed E-state index contributed by atoms with van der Waals surface area (Å²) in [5.41, 5.74) is 0. The third-order valence-electron chi connectivity index (χ3n) is 1.83. The number of hydrogen-bond acceptors (Lipinski definition) is 6. The van der Waals surface area contributed by atoms with Gasteiger partial charge < -0.3 is 10.6 Å². The molecule has 16 heavy (non-hydrogen) atoms. The molecule has 0 radical (unpaired) electrons. The Hall–Kier alpha value is -1.24. The van der Waals surface area contributed by atoms with Gasteiger partial charge in [-0.05, 0) is 13.3 Å². The standard InChI is InChI=1S/C9H16N4O2S/c1-3-5-7-11-12-9(13(7)10)16-6-8(14)15-4-2/h3-6,10H2,1-2H3. The molecule has 1 aromatic heterocycles. The molecule has 1 heterocycles. The molecule has 0 bridgehead atoms. The van der Waals surface area contributed by atoms with Crippen LogP contribution in [0.3, 0.4) is 0 Å². The van der Waals surface area contributed by atoms with E-state index in [2.05, 4.69) is 10.2 Å². The number of thioether (sulfide) groups is 1. The monoisotopic (exact) mass is 244 g/mol. The van der Waals surface area contributed by atoms with Crippen molar-refractivity contribution in [2.75, 3.05) is 18.2 Å². The number of nitrogen functional groups attached to an aromatic ring is 1. The van der Waals surface area contributed by atoms with Gasteiger partial charge in [0.1, 0.15) is 0 Å². The first-order valence-electron chi connectivity index (χ1n) is 5.16. The molecule has 0 aliphatic rings. The average molecular weight is 244 g/mol. The van der Waals surface area contributed by atoms with Crippen molar-refractivity contribution in [3.05, 3.63) is 5.82 Å². The Bertz CT molecular complexity index is 353. The smallest absolute Gasteiger partial charge is 0.316 e. The molecule has 0 aliphatic heterocycles. The van der Waals surface area contributed by atoms with Crippen molar-refractivity contribution in [3.63, 3.8) is 0 Å². The fraction of sp³-hybridized carbons (Fsp3) is 0.667. The van der Waals surface area contributed by atoms with E-state index in [-0.39, 0.29) is 11.7 Å². The number of aryl methyl sites for hydroxylation is 1. The van der Waals surface area contributed by atoms with Crippen molar-refractivity contribution in [3.8, 4) is 0 Å². The van der Waals surface area contributed by atoms with Crippen LogP contribution in [0.5, 0.6) is 0 Å². The molecular weight excluding hydrogens is 228 g/mol. The third-order valence-corrected chi connectivity index (χ3v) is 2.75. The summed E-state index contributed by atoms with van der Waals surface area (Å²) in [6, 6.07) is 0. The molecule has 0 unspecified atom stereocenters. The Morgan fingerprint density at radius 1 is 1.50 bits per heavy atom. The molecule has 90 valence electrons. The lowest BCUT2D eigenvalue weighted by molar-refractivity contribution is -0.139. The van der Waals surface area contributed by atoms with Crippen molar-refractivity contribution in [2.24, 2.45) is 0 Å². The zero-order chi connectivity index (χ0) is 12.0. The van der Waals surface area contributed by atoms with Gasteiger partial charge in [-0.3, -0.25) is 4.79 Å². The van der Waals surface area contributed by atoms with Crippen molar-refractivity contribution >= 4 is 17.7 Å². The number of ether oxygens (including phenoxy) is 1. The maximum atomic E-state index is 11.1. The summed E-state index contributed by atoms with van der Waals surface area (Å²) >= 11 is 1.23. The summed E-state index contributed by atoms with van der Waals surface area (Å²) in [5, 5.41) is 8.39. The molecule has 0 spiro atoms. The van der Waals surface area contributed by atoms with Crippen LogP contribution < -0.4 is 5.84 Å². The summed E-state index contributed by atoms with van der Waals surface area (Å²) in [6.07, 6.45) is 1.74. The fourth-order valence-electron chi connectivity index (χ4n) is 1.13. The van der Waals surface area contributed by atoms with Crippen LogP contribution in [0.15, 0.2) is 5.16 Å². The van der Waals surface area contributed by atoms with E-state index in [4.69, 9.17) is 10.6 Å². The lowest BCUT2D eigenvalue weighted by Crippen LogP contribution is -2.15. The minimum Gasteiger partial charge on any atom is -0.465 e. The van der Waals surface area contributed by atoms with E-state index in [0.717, 1.165) is 18.7 Å². The summed E-state index contributed by atoms with van der Waals surface area (Å²) < 4.78 is 6.22. The maximum Gasteiger partial charge on any atom is 0.316 e. The second-order valence-electron chi connectivity index (χ2n) is 3.11. The Kier molecular flexibility index (Phi) is 5.10. The van der Waals surface area contributed by atoms with E-state index in [1.807, 2.05) is 6.92 Å². The van der Waals surface area contributed by atoms with Crippen molar-refractivity contribution in [2.45, 2.75) is 31.8 Å². The van der Waals surface area contributed by atoms with Crippen LogP contribution in [0.25, 0.3) is 0 Å². The molecule has 0 amide bonds. The van der Waals surface area contributed by atoms with E-state index in [1.54, 1.807) is 6.92 Å². The molecule has 2 N–H and O–H groups in total. The van der Waals surface area contributed by atoms with Crippen molar-refractivity contribution in [1.82, 2.24) is 14.9 Å². The summed E-state index contributed by atoms with van der Waals surface area (Å²) in [4.78, 5) is 11.1. The van der Waals surface area contributed by atoms with Gasteiger partial charge in [0.05, 0.1) is 12.4 Å². The number of carbonyl (C=O) groups is 1. The van der Waals surface area contributed by atoms with Crippen LogP contribution in [0.1, 0.15) is 26.1 Å². The summed E-state index contributed by atoms with van der Waals surface area (Å²) in [7, 11) is 0. The lowest BCUT2D eigenvalue weighted by Gasteiger charge is -2.02. The largest absolute Gasteiger partial charge is 0.465 e. The minimum absolute atomic E-state index is 0.204. The lowest BCUT2D eigenvalue weighted by atomic mass is 10.3. The predicted molar refractivity (Wildman–Crippen MR) is 61.5 cm³/mol. The Balaban J connectivity index is 2.51. The number of hydrogen-bond donors (Lipinski definition) is 1. The molecule has 0 saturated carbocycles. The summed E-state index contributed by atoms with van der Waals surface area (Å²) in [5.74, 6) is 6.43. The Morgan fingerprint density at radius 3 is 2.88 bits per heavy atom. The predicted octanol–water partition coefficient (Wildman–Crippen LogP) is 0.600. The number of nitrogens with two attached hydrogens (primary N) is 1. The van der Waals surface area contributed by atoms with Crippen LogP contribution >= 0.6 is 11.8 Å². The van der Waals surface area contributed by atoms with Gasteiger partial charge in [-0.15, -0.1) is 10.2 Å². The Morgan fingerprint density at radius 2 is 2.25 bits per heavy atom. The quantitative estimate of drug-likeness (QED) is 0.448. The van der Waals surface area contributed by atoms with Gasteiger partial charge in [-0.25, -0.2) is 4.68 Å². The van der Waals surface area contributed by atoms with Crippen LogP contribution in [-0.4, -0.2) is 33.2 Å². The molecule has 0 atom stereocenters. The SMILES string of the molecule is CCCc1nnc(SCC(=O)OCC)n1N. The van der Waals surface area contributed by atoms with Gasteiger partial charge in [0, 0.05) is 6.42 Å². The van der Waals surface area contributed by atoms with E-state index < -0.39 is 0 Å². The topological polar surface area (TPSA) is 83.0 Å². The molecule has 7 heteroatoms. The summed E-state index contributed by atoms with van der Waals surface area (Å²) in [6.45, 7) is 4.20. The van der Waals surface area contributed by atoms with E-state index in [0.29, 0.717) is 11.8 Å². The third kappa shape index (κ3) is 3.41. The zero-order valence-electron chi connectivity index (χ0n) is 9.47. The molecular formula is C9H16N4O2S. The number of rotatable bonds is 6. The van der Waals surface area contributed by atoms with Crippen LogP contribution in [-0.2, 0) is 16.0 Å². The number of nitrogens with zero attached hydrogens (tertiary/aromatic N) is 3. The normalized spacial score (nSPS) is 10.4. The van der Waals surface area contributed by atoms with Gasteiger partial charge in [0.2, 0.25) is 5.16 Å². The average Bonchev–Trinajstić information content (AvgIpc) is 2.59. The van der Waals surface area contributed by atoms with Crippen LogP contribution in [0.4, 0.5) is 0 Å². The molecule has 0 aromatic carbocycles. The highest BCUT2D eigenvalue weighted by Crippen LogP contribution is 2.15. The molecule has 6 nitrogen and oxygen atoms in total. The fourth-order valence-corrected chi connectivity index (χ4v) is 1.80. The van der Waals surface area contributed by atoms with Gasteiger partial charge in [0.15, 0.2) is 5.82 Å². The first-order chi connectivity index (χ1) is 7.69. The highest BCUT2D eigenvalue weighted by molar-refractivity contribution is 7.99.